The number of nitrogens with zero attached hydrogens (tertiary/aromatic N) is 2. The van der Waals surface area contributed by atoms with Crippen LogP contribution < -0.4 is 5.32 Å². The van der Waals surface area contributed by atoms with Crippen LogP contribution in [0.1, 0.15) is 10.4 Å². The molecule has 0 unspecified atom stereocenters. The maximum atomic E-state index is 12.6. The van der Waals surface area contributed by atoms with Crippen molar-refractivity contribution in [2.45, 2.75) is 9.79 Å². The number of hydrogen-bond donors (Lipinski definition) is 1. The van der Waals surface area contributed by atoms with Crippen molar-refractivity contribution in [1.29, 1.82) is 0 Å². The van der Waals surface area contributed by atoms with Crippen molar-refractivity contribution in [2.75, 3.05) is 25.7 Å². The lowest BCUT2D eigenvalue weighted by Gasteiger charge is -2.10. The van der Waals surface area contributed by atoms with Gasteiger partial charge in [-0.3, -0.25) is 10.1 Å². The largest absolute Gasteiger partial charge is 0.298 e. The Bertz CT molecular complexity index is 1280. The van der Waals surface area contributed by atoms with E-state index in [4.69, 9.17) is 0 Å². The lowest BCUT2D eigenvalue weighted by Crippen LogP contribution is -2.22. The van der Waals surface area contributed by atoms with Crippen molar-refractivity contribution in [3.05, 3.63) is 48.0 Å². The van der Waals surface area contributed by atoms with E-state index >= 15 is 0 Å². The van der Waals surface area contributed by atoms with Crippen molar-refractivity contribution in [2.24, 2.45) is 0 Å². The van der Waals surface area contributed by atoms with Crippen LogP contribution in [0, 0.1) is 0 Å². The molecule has 0 fully saturated rings. The second kappa shape index (κ2) is 7.24. The number of anilines is 1. The molecule has 0 spiro atoms. The van der Waals surface area contributed by atoms with Crippen LogP contribution in [0.3, 0.4) is 0 Å². The number of carbonyl (C=O) groups excluding carboxylic acids is 1. The highest BCUT2D eigenvalue weighted by atomic mass is 32.2. The Morgan fingerprint density at radius 2 is 1.75 bits per heavy atom. The highest BCUT2D eigenvalue weighted by molar-refractivity contribution is 7.90. The number of thiazole rings is 1. The molecule has 1 aromatic heterocycles. The molecule has 0 atom stereocenters. The zero-order chi connectivity index (χ0) is 20.7. The molecule has 0 saturated heterocycles. The molecule has 0 radical (unpaired) electrons. The first-order valence-corrected chi connectivity index (χ1v) is 12.1. The Hall–Kier alpha value is -2.34. The minimum Gasteiger partial charge on any atom is -0.298 e. The molecular weight excluding hydrogens is 422 g/mol. The lowest BCUT2D eigenvalue weighted by atomic mass is 10.2. The van der Waals surface area contributed by atoms with E-state index in [1.807, 2.05) is 0 Å². The Morgan fingerprint density at radius 3 is 2.39 bits per heavy atom. The zero-order valence-electron chi connectivity index (χ0n) is 15.2. The molecule has 148 valence electrons. The van der Waals surface area contributed by atoms with Crippen molar-refractivity contribution < 1.29 is 21.6 Å². The topological polar surface area (TPSA) is 114 Å². The molecule has 0 aliphatic rings. The number of sulfonamides is 1. The quantitative estimate of drug-likeness (QED) is 0.652. The normalized spacial score (nSPS) is 12.4. The molecule has 1 heterocycles. The summed E-state index contributed by atoms with van der Waals surface area (Å²) in [4.78, 5) is 16.9. The fourth-order valence-electron chi connectivity index (χ4n) is 2.47. The average Bonchev–Trinajstić information content (AvgIpc) is 3.02. The summed E-state index contributed by atoms with van der Waals surface area (Å²) in [7, 11) is -4.28. The number of aromatic nitrogens is 1. The summed E-state index contributed by atoms with van der Waals surface area (Å²) in [6, 6.07) is 10.4. The molecule has 2 aromatic carbocycles. The van der Waals surface area contributed by atoms with Crippen LogP contribution in [0.5, 0.6) is 0 Å². The molecule has 0 saturated carbocycles. The summed E-state index contributed by atoms with van der Waals surface area (Å²) in [5.74, 6) is -0.610. The fourth-order valence-corrected chi connectivity index (χ4v) is 5.26. The van der Waals surface area contributed by atoms with Crippen molar-refractivity contribution >= 4 is 52.5 Å². The van der Waals surface area contributed by atoms with Crippen LogP contribution in [0.2, 0.25) is 0 Å². The Morgan fingerprint density at radius 1 is 1.07 bits per heavy atom. The maximum Gasteiger partial charge on any atom is 0.258 e. The Balaban J connectivity index is 1.95. The number of rotatable bonds is 5. The molecule has 3 aromatic rings. The van der Waals surface area contributed by atoms with Crippen LogP contribution in [0.25, 0.3) is 10.2 Å². The third-order valence-electron chi connectivity index (χ3n) is 3.89. The van der Waals surface area contributed by atoms with Gasteiger partial charge in [0.25, 0.3) is 5.91 Å². The van der Waals surface area contributed by atoms with E-state index in [9.17, 15) is 21.6 Å². The van der Waals surface area contributed by atoms with Crippen LogP contribution in [0.4, 0.5) is 5.13 Å². The van der Waals surface area contributed by atoms with Gasteiger partial charge in [-0.1, -0.05) is 23.5 Å². The fraction of sp³-hybridized carbons (Fsp3) is 0.176. The standard InChI is InChI=1S/C17H17N3O5S3/c1-20(2)28(24,25)11-8-9-13-14(10-11)26-17(18-13)19-16(21)12-6-4-5-7-15(12)27(3,22)23/h4-10H,1-3H3,(H,18,19,21). The van der Waals surface area contributed by atoms with Crippen molar-refractivity contribution in [3.63, 3.8) is 0 Å². The smallest absolute Gasteiger partial charge is 0.258 e. The van der Waals surface area contributed by atoms with E-state index in [0.717, 1.165) is 21.9 Å². The number of carbonyl (C=O) groups is 1. The summed E-state index contributed by atoms with van der Waals surface area (Å²) in [5.41, 5.74) is 0.537. The number of hydrogen-bond acceptors (Lipinski definition) is 7. The maximum absolute atomic E-state index is 12.6. The summed E-state index contributed by atoms with van der Waals surface area (Å²) in [5, 5.41) is 2.82. The minimum atomic E-state index is -3.59. The van der Waals surface area contributed by atoms with E-state index in [0.29, 0.717) is 10.2 Å². The van der Waals surface area contributed by atoms with Gasteiger partial charge in [0.05, 0.1) is 25.6 Å². The second-order valence-electron chi connectivity index (χ2n) is 6.16. The Kier molecular flexibility index (Phi) is 5.28. The predicted molar refractivity (Wildman–Crippen MR) is 108 cm³/mol. The zero-order valence-corrected chi connectivity index (χ0v) is 17.7. The number of nitrogens with one attached hydrogen (secondary N) is 1. The van der Waals surface area contributed by atoms with Crippen LogP contribution in [-0.2, 0) is 19.9 Å². The summed E-state index contributed by atoms with van der Waals surface area (Å²) in [6.45, 7) is 0. The van der Waals surface area contributed by atoms with E-state index in [2.05, 4.69) is 10.3 Å². The third kappa shape index (κ3) is 3.92. The molecule has 0 bridgehead atoms. The van der Waals surface area contributed by atoms with Crippen LogP contribution in [0.15, 0.2) is 52.3 Å². The first-order valence-electron chi connectivity index (χ1n) is 7.94. The molecular formula is C17H17N3O5S3. The van der Waals surface area contributed by atoms with E-state index in [-0.39, 0.29) is 20.5 Å². The van der Waals surface area contributed by atoms with Gasteiger partial charge in [0, 0.05) is 20.4 Å². The SMILES string of the molecule is CN(C)S(=O)(=O)c1ccc2nc(NC(=O)c3ccccc3S(C)(=O)=O)sc2c1. The van der Waals surface area contributed by atoms with Gasteiger partial charge in [-0.2, -0.15) is 0 Å². The summed E-state index contributed by atoms with van der Waals surface area (Å²) in [6.07, 6.45) is 1.03. The van der Waals surface area contributed by atoms with E-state index in [1.54, 1.807) is 12.1 Å². The lowest BCUT2D eigenvalue weighted by molar-refractivity contribution is 0.102. The number of amides is 1. The predicted octanol–water partition coefficient (Wildman–Crippen LogP) is 2.20. The molecule has 8 nitrogen and oxygen atoms in total. The minimum absolute atomic E-state index is 0.0140. The van der Waals surface area contributed by atoms with Crippen LogP contribution in [-0.4, -0.2) is 52.4 Å². The highest BCUT2D eigenvalue weighted by Gasteiger charge is 2.21. The van der Waals surface area contributed by atoms with Crippen molar-refractivity contribution in [3.8, 4) is 0 Å². The van der Waals surface area contributed by atoms with Gasteiger partial charge in [0.1, 0.15) is 0 Å². The highest BCUT2D eigenvalue weighted by Crippen LogP contribution is 2.29. The third-order valence-corrected chi connectivity index (χ3v) is 7.79. The van der Waals surface area contributed by atoms with Gasteiger partial charge >= 0.3 is 0 Å². The molecule has 3 rings (SSSR count). The van der Waals surface area contributed by atoms with Gasteiger partial charge in [-0.25, -0.2) is 26.1 Å². The molecule has 0 aliphatic carbocycles. The average molecular weight is 440 g/mol. The second-order valence-corrected chi connectivity index (χ2v) is 11.3. The first-order chi connectivity index (χ1) is 13.0. The molecule has 28 heavy (non-hydrogen) atoms. The molecule has 1 N–H and O–H groups in total. The van der Waals surface area contributed by atoms with E-state index < -0.39 is 25.8 Å². The molecule has 0 aliphatic heterocycles. The van der Waals surface area contributed by atoms with Gasteiger partial charge in [-0.05, 0) is 30.3 Å². The number of benzene rings is 2. The van der Waals surface area contributed by atoms with E-state index in [1.165, 1.54) is 44.4 Å². The summed E-state index contributed by atoms with van der Waals surface area (Å²) >= 11 is 1.10. The van der Waals surface area contributed by atoms with Gasteiger partial charge < -0.3 is 0 Å². The number of sulfone groups is 1. The molecule has 1 amide bonds. The van der Waals surface area contributed by atoms with Crippen molar-refractivity contribution in [1.82, 2.24) is 9.29 Å². The van der Waals surface area contributed by atoms with Crippen LogP contribution >= 0.6 is 11.3 Å². The Labute approximate surface area is 166 Å². The van der Waals surface area contributed by atoms with Gasteiger partial charge in [-0.15, -0.1) is 0 Å². The van der Waals surface area contributed by atoms with Gasteiger partial charge in [0.2, 0.25) is 10.0 Å². The molecule has 11 heteroatoms. The van der Waals surface area contributed by atoms with Gasteiger partial charge in [0.15, 0.2) is 15.0 Å². The summed E-state index contributed by atoms with van der Waals surface area (Å²) < 4.78 is 50.0. The first kappa shape index (κ1) is 20.4. The monoisotopic (exact) mass is 439 g/mol. The number of fused-ring (bicyclic) bond motifs is 1.